The maximum atomic E-state index is 12.4. The maximum absolute atomic E-state index is 12.4. The molecule has 0 saturated carbocycles. The van der Waals surface area contributed by atoms with Gasteiger partial charge in [0, 0.05) is 4.90 Å². The van der Waals surface area contributed by atoms with E-state index in [9.17, 15) is 4.79 Å². The molecule has 2 aromatic rings. The van der Waals surface area contributed by atoms with Gasteiger partial charge in [0.15, 0.2) is 6.54 Å². The molecule has 0 aliphatic heterocycles. The Kier molecular flexibility index (Phi) is 7.36. The van der Waals surface area contributed by atoms with Crippen LogP contribution in [0.25, 0.3) is 0 Å². The Morgan fingerprint density at radius 3 is 2.83 bits per heavy atom. The normalized spacial score (nSPS) is 11.9. The van der Waals surface area contributed by atoms with Crippen molar-refractivity contribution in [2.75, 3.05) is 24.7 Å². The standard InChI is InChI=1S/C17H19BrN2OS2/c1-3-10-20(11-13-8-9-16(18)23-13)12-17(21)19-14-6-4-5-7-15(14)22-2/h3-9H,1,10-12H2,2H3,(H,19,21)/p+1. The molecule has 6 heteroatoms. The van der Waals surface area contributed by atoms with Crippen LogP contribution < -0.4 is 10.2 Å². The molecule has 1 unspecified atom stereocenters. The van der Waals surface area contributed by atoms with Crippen LogP contribution in [-0.2, 0) is 11.3 Å². The Balaban J connectivity index is 1.98. The first kappa shape index (κ1) is 18.3. The van der Waals surface area contributed by atoms with Crippen LogP contribution in [0.2, 0.25) is 0 Å². The number of thiophene rings is 1. The monoisotopic (exact) mass is 411 g/mol. The molecule has 1 aromatic carbocycles. The molecule has 1 aromatic heterocycles. The Hall–Kier alpha value is -1.08. The van der Waals surface area contributed by atoms with Crippen molar-refractivity contribution < 1.29 is 9.69 Å². The molecule has 122 valence electrons. The molecule has 0 bridgehead atoms. The average molecular weight is 412 g/mol. The first-order valence-corrected chi connectivity index (χ1v) is 10.1. The van der Waals surface area contributed by atoms with E-state index in [2.05, 4.69) is 33.9 Å². The fraction of sp³-hybridized carbons (Fsp3) is 0.235. The predicted octanol–water partition coefficient (Wildman–Crippen LogP) is 3.44. The molecule has 2 rings (SSSR count). The third kappa shape index (κ3) is 5.80. The van der Waals surface area contributed by atoms with E-state index in [1.165, 1.54) is 9.78 Å². The summed E-state index contributed by atoms with van der Waals surface area (Å²) >= 11 is 6.82. The van der Waals surface area contributed by atoms with Gasteiger partial charge in [0.2, 0.25) is 0 Å². The van der Waals surface area contributed by atoms with Gasteiger partial charge in [0.05, 0.1) is 20.9 Å². The predicted molar refractivity (Wildman–Crippen MR) is 103 cm³/mol. The summed E-state index contributed by atoms with van der Waals surface area (Å²) in [6.07, 6.45) is 3.87. The molecule has 0 aliphatic carbocycles. The lowest BCUT2D eigenvalue weighted by atomic mass is 10.3. The lowest BCUT2D eigenvalue weighted by Crippen LogP contribution is -3.11. The zero-order valence-electron chi connectivity index (χ0n) is 13.0. The van der Waals surface area contributed by atoms with Crippen LogP contribution in [0.1, 0.15) is 4.88 Å². The molecule has 0 radical (unpaired) electrons. The van der Waals surface area contributed by atoms with Crippen molar-refractivity contribution in [2.24, 2.45) is 0 Å². The van der Waals surface area contributed by atoms with Crippen molar-refractivity contribution in [2.45, 2.75) is 11.4 Å². The number of hydrogen-bond acceptors (Lipinski definition) is 3. The summed E-state index contributed by atoms with van der Waals surface area (Å²) in [7, 11) is 0. The fourth-order valence-corrected chi connectivity index (χ4v) is 4.38. The number of para-hydroxylation sites is 1. The third-order valence-electron chi connectivity index (χ3n) is 3.28. The fourth-order valence-electron chi connectivity index (χ4n) is 2.27. The number of thioether (sulfide) groups is 1. The number of anilines is 1. The number of carbonyl (C=O) groups is 1. The van der Waals surface area contributed by atoms with E-state index in [0.29, 0.717) is 6.54 Å². The Morgan fingerprint density at radius 2 is 2.17 bits per heavy atom. The molecule has 1 atom stereocenters. The van der Waals surface area contributed by atoms with Gasteiger partial charge in [-0.1, -0.05) is 18.7 Å². The van der Waals surface area contributed by atoms with Crippen LogP contribution in [0.3, 0.4) is 0 Å². The van der Waals surface area contributed by atoms with Gasteiger partial charge < -0.3 is 10.2 Å². The molecule has 0 spiro atoms. The minimum Gasteiger partial charge on any atom is -0.320 e. The van der Waals surface area contributed by atoms with Crippen molar-refractivity contribution in [3.63, 3.8) is 0 Å². The number of hydrogen-bond donors (Lipinski definition) is 2. The Morgan fingerprint density at radius 1 is 1.39 bits per heavy atom. The van der Waals surface area contributed by atoms with Gasteiger partial charge in [-0.15, -0.1) is 23.1 Å². The van der Waals surface area contributed by atoms with Crippen molar-refractivity contribution in [1.29, 1.82) is 0 Å². The SMILES string of the molecule is C=CC[NH+](CC(=O)Nc1ccccc1SC)Cc1ccc(Br)s1. The van der Waals surface area contributed by atoms with E-state index < -0.39 is 0 Å². The van der Waals surface area contributed by atoms with E-state index >= 15 is 0 Å². The van der Waals surface area contributed by atoms with E-state index in [1.807, 2.05) is 42.7 Å². The number of benzene rings is 1. The highest BCUT2D eigenvalue weighted by molar-refractivity contribution is 9.11. The van der Waals surface area contributed by atoms with Crippen LogP contribution in [-0.4, -0.2) is 25.3 Å². The summed E-state index contributed by atoms with van der Waals surface area (Å²) < 4.78 is 1.11. The van der Waals surface area contributed by atoms with Gasteiger partial charge in [-0.2, -0.15) is 0 Å². The molecule has 2 N–H and O–H groups in total. The van der Waals surface area contributed by atoms with E-state index in [1.54, 1.807) is 23.1 Å². The molecule has 1 amide bonds. The number of quaternary nitrogens is 1. The number of rotatable bonds is 8. The highest BCUT2D eigenvalue weighted by Crippen LogP contribution is 2.24. The van der Waals surface area contributed by atoms with Gasteiger partial charge in [0.1, 0.15) is 6.54 Å². The minimum absolute atomic E-state index is 0.0268. The zero-order chi connectivity index (χ0) is 16.7. The van der Waals surface area contributed by atoms with Crippen LogP contribution in [0.4, 0.5) is 5.69 Å². The topological polar surface area (TPSA) is 33.5 Å². The largest absolute Gasteiger partial charge is 0.320 e. The van der Waals surface area contributed by atoms with E-state index in [0.717, 1.165) is 27.5 Å². The van der Waals surface area contributed by atoms with Crippen molar-refractivity contribution in [3.05, 3.63) is 57.7 Å². The molecule has 0 aliphatic rings. The second kappa shape index (κ2) is 9.27. The first-order valence-electron chi connectivity index (χ1n) is 7.24. The highest BCUT2D eigenvalue weighted by Gasteiger charge is 2.15. The van der Waals surface area contributed by atoms with Crippen LogP contribution in [0.5, 0.6) is 0 Å². The number of amides is 1. The Labute approximate surface area is 153 Å². The molecule has 1 heterocycles. The average Bonchev–Trinajstić information content (AvgIpc) is 2.93. The molecule has 3 nitrogen and oxygen atoms in total. The van der Waals surface area contributed by atoms with Gasteiger partial charge in [-0.3, -0.25) is 4.79 Å². The minimum atomic E-state index is 0.0268. The summed E-state index contributed by atoms with van der Waals surface area (Å²) in [5, 5.41) is 3.02. The van der Waals surface area contributed by atoms with Gasteiger partial charge in [-0.05, 0) is 52.5 Å². The van der Waals surface area contributed by atoms with Crippen molar-refractivity contribution >= 4 is 50.6 Å². The summed E-state index contributed by atoms with van der Waals surface area (Å²) in [6, 6.07) is 12.0. The number of nitrogens with one attached hydrogen (secondary N) is 2. The number of carbonyl (C=O) groups excluding carboxylic acids is 1. The highest BCUT2D eigenvalue weighted by atomic mass is 79.9. The first-order chi connectivity index (χ1) is 11.1. The Bertz CT molecular complexity index is 672. The quantitative estimate of drug-likeness (QED) is 0.515. The second-order valence-corrected chi connectivity index (χ2v) is 8.45. The molecule has 0 fully saturated rings. The number of halogens is 1. The van der Waals surface area contributed by atoms with E-state index in [4.69, 9.17) is 0 Å². The van der Waals surface area contributed by atoms with Crippen molar-refractivity contribution in [3.8, 4) is 0 Å². The van der Waals surface area contributed by atoms with Crippen molar-refractivity contribution in [1.82, 2.24) is 0 Å². The van der Waals surface area contributed by atoms with Crippen LogP contribution in [0.15, 0.2) is 57.7 Å². The summed E-state index contributed by atoms with van der Waals surface area (Å²) in [4.78, 5) is 15.9. The van der Waals surface area contributed by atoms with Gasteiger partial charge in [0.25, 0.3) is 5.91 Å². The van der Waals surface area contributed by atoms with E-state index in [-0.39, 0.29) is 5.91 Å². The zero-order valence-corrected chi connectivity index (χ0v) is 16.2. The summed E-state index contributed by atoms with van der Waals surface area (Å²) in [5.74, 6) is 0.0268. The molecule has 23 heavy (non-hydrogen) atoms. The lowest BCUT2D eigenvalue weighted by molar-refractivity contribution is -0.899. The second-order valence-electron chi connectivity index (χ2n) is 5.05. The smallest absolute Gasteiger partial charge is 0.279 e. The van der Waals surface area contributed by atoms with Gasteiger partial charge in [-0.25, -0.2) is 0 Å². The summed E-state index contributed by atoms with van der Waals surface area (Å²) in [6.45, 7) is 5.80. The van der Waals surface area contributed by atoms with Crippen LogP contribution >= 0.6 is 39.0 Å². The molecule has 0 saturated heterocycles. The maximum Gasteiger partial charge on any atom is 0.279 e. The van der Waals surface area contributed by atoms with Crippen LogP contribution in [0, 0.1) is 0 Å². The van der Waals surface area contributed by atoms with Gasteiger partial charge >= 0.3 is 0 Å². The molecular weight excluding hydrogens is 392 g/mol. The third-order valence-corrected chi connectivity index (χ3v) is 5.70. The summed E-state index contributed by atoms with van der Waals surface area (Å²) in [5.41, 5.74) is 0.877. The lowest BCUT2D eigenvalue weighted by Gasteiger charge is -2.17. The molecular formula is C17H20BrN2OS2+.